The lowest BCUT2D eigenvalue weighted by molar-refractivity contribution is -0.122. The molecule has 4 rings (SSSR count). The number of rotatable bonds is 7. The number of carbonyl (C=O) groups is 1. The highest BCUT2D eigenvalue weighted by Crippen LogP contribution is 2.30. The Morgan fingerprint density at radius 3 is 2.57 bits per heavy atom. The Kier molecular flexibility index (Phi) is 5.35. The van der Waals surface area contributed by atoms with Gasteiger partial charge >= 0.3 is 5.69 Å². The maximum atomic E-state index is 12.7. The van der Waals surface area contributed by atoms with Gasteiger partial charge in [-0.15, -0.1) is 0 Å². The normalized spacial score (nSPS) is 12.4. The smallest absolute Gasteiger partial charge is 0.329 e. The van der Waals surface area contributed by atoms with Crippen molar-refractivity contribution in [2.75, 3.05) is 7.11 Å². The van der Waals surface area contributed by atoms with E-state index in [2.05, 4.69) is 5.32 Å². The summed E-state index contributed by atoms with van der Waals surface area (Å²) in [5, 5.41) is 3.88. The zero-order valence-electron chi connectivity index (χ0n) is 17.3. The number of nitrogens with one attached hydrogen (secondary N) is 1. The van der Waals surface area contributed by atoms with E-state index in [1.165, 1.54) is 0 Å². The number of amides is 1. The summed E-state index contributed by atoms with van der Waals surface area (Å²) in [7, 11) is 1.60. The van der Waals surface area contributed by atoms with E-state index < -0.39 is 0 Å². The molecule has 4 aromatic rings. The first-order chi connectivity index (χ1) is 14.5. The lowest BCUT2D eigenvalue weighted by Gasteiger charge is -2.11. The van der Waals surface area contributed by atoms with Gasteiger partial charge in [0.05, 0.1) is 24.2 Å². The molecule has 0 saturated carbocycles. The van der Waals surface area contributed by atoms with E-state index in [1.807, 2.05) is 62.4 Å². The summed E-state index contributed by atoms with van der Waals surface area (Å²) in [4.78, 5) is 25.3. The molecule has 7 heteroatoms. The van der Waals surface area contributed by atoms with Crippen molar-refractivity contribution in [2.24, 2.45) is 0 Å². The molecule has 1 unspecified atom stereocenters. The Hall–Kier alpha value is -3.48. The minimum atomic E-state index is -0.302. The fourth-order valence-corrected chi connectivity index (χ4v) is 3.82. The number of furan rings is 1. The molecule has 2 aromatic heterocycles. The van der Waals surface area contributed by atoms with Gasteiger partial charge in [-0.3, -0.25) is 13.9 Å². The van der Waals surface area contributed by atoms with Gasteiger partial charge in [0.25, 0.3) is 0 Å². The van der Waals surface area contributed by atoms with Crippen LogP contribution in [-0.2, 0) is 17.9 Å². The zero-order valence-corrected chi connectivity index (χ0v) is 17.3. The number of fused-ring (bicyclic) bond motifs is 2. The van der Waals surface area contributed by atoms with Gasteiger partial charge in [0.2, 0.25) is 5.91 Å². The first kappa shape index (κ1) is 19.8. The van der Waals surface area contributed by atoms with Crippen molar-refractivity contribution in [3.63, 3.8) is 0 Å². The van der Waals surface area contributed by atoms with Crippen molar-refractivity contribution in [1.29, 1.82) is 0 Å². The molecule has 0 aliphatic heterocycles. The van der Waals surface area contributed by atoms with Gasteiger partial charge in [-0.05, 0) is 38.1 Å². The molecule has 7 nitrogen and oxygen atoms in total. The van der Waals surface area contributed by atoms with Gasteiger partial charge in [0.1, 0.15) is 5.76 Å². The van der Waals surface area contributed by atoms with E-state index in [9.17, 15) is 9.59 Å². The van der Waals surface area contributed by atoms with Crippen molar-refractivity contribution in [3.05, 3.63) is 64.8 Å². The highest BCUT2D eigenvalue weighted by Gasteiger charge is 2.17. The van der Waals surface area contributed by atoms with Crippen LogP contribution < -0.4 is 15.7 Å². The Labute approximate surface area is 173 Å². The first-order valence-corrected chi connectivity index (χ1v) is 10.1. The molecule has 2 heterocycles. The lowest BCUT2D eigenvalue weighted by Crippen LogP contribution is -2.29. The van der Waals surface area contributed by atoms with E-state index in [-0.39, 0.29) is 24.1 Å². The molecule has 0 bridgehead atoms. The van der Waals surface area contributed by atoms with Crippen molar-refractivity contribution in [3.8, 4) is 5.75 Å². The van der Waals surface area contributed by atoms with Crippen LogP contribution in [0.15, 0.2) is 57.7 Å². The third-order valence-corrected chi connectivity index (χ3v) is 5.36. The molecule has 0 aliphatic carbocycles. The molecule has 1 N–H and O–H groups in total. The summed E-state index contributed by atoms with van der Waals surface area (Å²) < 4.78 is 14.6. The predicted molar refractivity (Wildman–Crippen MR) is 116 cm³/mol. The van der Waals surface area contributed by atoms with E-state index in [1.54, 1.807) is 16.2 Å². The monoisotopic (exact) mass is 407 g/mol. The van der Waals surface area contributed by atoms with Crippen LogP contribution >= 0.6 is 0 Å². The Balaban J connectivity index is 1.48. The Bertz CT molecular complexity index is 1260. The highest BCUT2D eigenvalue weighted by atomic mass is 16.5. The first-order valence-electron chi connectivity index (χ1n) is 10.1. The van der Waals surface area contributed by atoms with Crippen LogP contribution in [0.5, 0.6) is 5.75 Å². The van der Waals surface area contributed by atoms with Crippen molar-refractivity contribution < 1.29 is 13.9 Å². The van der Waals surface area contributed by atoms with Crippen LogP contribution in [0.1, 0.15) is 32.1 Å². The van der Waals surface area contributed by atoms with E-state index in [4.69, 9.17) is 9.15 Å². The SMILES string of the molecule is CCn1c(=O)n(CCC(=O)NC(C)c2cc3cccc(OC)c3o2)c2ccccc21. The number of nitrogens with zero attached hydrogens (tertiary/aromatic N) is 2. The molecule has 0 saturated heterocycles. The molecule has 0 fully saturated rings. The largest absolute Gasteiger partial charge is 0.493 e. The molecule has 1 atom stereocenters. The van der Waals surface area contributed by atoms with Gasteiger partial charge in [0.15, 0.2) is 11.3 Å². The standard InChI is InChI=1S/C23H25N3O4/c1-4-25-17-9-5-6-10-18(17)26(23(25)28)13-12-21(27)24-15(2)20-14-16-8-7-11-19(29-3)22(16)30-20/h5-11,14-15H,4,12-13H2,1-3H3,(H,24,27). The van der Waals surface area contributed by atoms with E-state index in [0.717, 1.165) is 16.4 Å². The van der Waals surface area contributed by atoms with Crippen LogP contribution in [0.2, 0.25) is 0 Å². The second-order valence-corrected chi connectivity index (χ2v) is 7.23. The fourth-order valence-electron chi connectivity index (χ4n) is 3.82. The van der Waals surface area contributed by atoms with E-state index in [0.29, 0.717) is 30.2 Å². The Morgan fingerprint density at radius 1 is 1.13 bits per heavy atom. The number of aryl methyl sites for hydroxylation is 2. The quantitative estimate of drug-likeness (QED) is 0.505. The predicted octanol–water partition coefficient (Wildman–Crippen LogP) is 3.85. The van der Waals surface area contributed by atoms with Gasteiger partial charge in [0, 0.05) is 24.9 Å². The van der Waals surface area contributed by atoms with Crippen LogP contribution in [0.25, 0.3) is 22.0 Å². The second kappa shape index (κ2) is 8.10. The number of imidazole rings is 1. The molecule has 1 amide bonds. The summed E-state index contributed by atoms with van der Waals surface area (Å²) in [6, 6.07) is 14.9. The minimum Gasteiger partial charge on any atom is -0.493 e. The molecule has 0 aliphatic rings. The van der Waals surface area contributed by atoms with Crippen LogP contribution in [0.4, 0.5) is 0 Å². The van der Waals surface area contributed by atoms with E-state index >= 15 is 0 Å². The molecular formula is C23H25N3O4. The summed E-state index contributed by atoms with van der Waals surface area (Å²) in [5.41, 5.74) is 2.29. The molecule has 156 valence electrons. The van der Waals surface area contributed by atoms with Crippen molar-refractivity contribution >= 4 is 27.9 Å². The zero-order chi connectivity index (χ0) is 21.3. The van der Waals surface area contributed by atoms with Crippen molar-refractivity contribution in [1.82, 2.24) is 14.5 Å². The third-order valence-electron chi connectivity index (χ3n) is 5.36. The molecule has 0 radical (unpaired) electrons. The number of carbonyl (C=O) groups excluding carboxylic acids is 1. The maximum absolute atomic E-state index is 12.7. The van der Waals surface area contributed by atoms with Gasteiger partial charge in [-0.2, -0.15) is 0 Å². The lowest BCUT2D eigenvalue weighted by atomic mass is 10.2. The summed E-state index contributed by atoms with van der Waals surface area (Å²) in [6.45, 7) is 4.72. The number of ether oxygens (including phenoxy) is 1. The minimum absolute atomic E-state index is 0.0936. The number of hydrogen-bond acceptors (Lipinski definition) is 4. The van der Waals surface area contributed by atoms with Gasteiger partial charge in [-0.1, -0.05) is 24.3 Å². The third kappa shape index (κ3) is 3.47. The second-order valence-electron chi connectivity index (χ2n) is 7.23. The van der Waals surface area contributed by atoms with Crippen LogP contribution in [0, 0.1) is 0 Å². The number of benzene rings is 2. The van der Waals surface area contributed by atoms with Gasteiger partial charge in [-0.25, -0.2) is 4.79 Å². The summed E-state index contributed by atoms with van der Waals surface area (Å²) in [6.07, 6.45) is 0.200. The Morgan fingerprint density at radius 2 is 1.87 bits per heavy atom. The fraction of sp³-hybridized carbons (Fsp3) is 0.304. The highest BCUT2D eigenvalue weighted by molar-refractivity contribution is 5.84. The molecule has 2 aromatic carbocycles. The summed E-state index contributed by atoms with van der Waals surface area (Å²) >= 11 is 0. The summed E-state index contributed by atoms with van der Waals surface area (Å²) in [5.74, 6) is 1.17. The average molecular weight is 407 g/mol. The van der Waals surface area contributed by atoms with Crippen molar-refractivity contribution in [2.45, 2.75) is 39.4 Å². The number of aromatic nitrogens is 2. The number of methoxy groups -OCH3 is 1. The van der Waals surface area contributed by atoms with Gasteiger partial charge < -0.3 is 14.5 Å². The molecular weight excluding hydrogens is 382 g/mol. The molecule has 30 heavy (non-hydrogen) atoms. The number of hydrogen-bond donors (Lipinski definition) is 1. The average Bonchev–Trinajstić information content (AvgIpc) is 3.30. The molecule has 0 spiro atoms. The topological polar surface area (TPSA) is 78.4 Å². The van der Waals surface area contributed by atoms with Crippen LogP contribution in [0.3, 0.4) is 0 Å². The number of para-hydroxylation sites is 3. The van der Waals surface area contributed by atoms with Crippen LogP contribution in [-0.4, -0.2) is 22.2 Å². The maximum Gasteiger partial charge on any atom is 0.329 e.